The second kappa shape index (κ2) is 6.73. The van der Waals surface area contributed by atoms with Gasteiger partial charge >= 0.3 is 11.9 Å². The van der Waals surface area contributed by atoms with Crippen LogP contribution in [0.4, 0.5) is 0 Å². The van der Waals surface area contributed by atoms with Gasteiger partial charge in [0.15, 0.2) is 0 Å². The molecule has 102 valence electrons. The molecule has 0 amide bonds. The second-order valence-corrected chi connectivity index (χ2v) is 4.90. The average molecular weight is 262 g/mol. The van der Waals surface area contributed by atoms with Gasteiger partial charge in [0, 0.05) is 6.08 Å². The molecule has 0 aromatic heterocycles. The first kappa shape index (κ1) is 15.0. The molecular formula is C15H18O4. The molecule has 0 aliphatic heterocycles. The average Bonchev–Trinajstić information content (AvgIpc) is 2.33. The van der Waals surface area contributed by atoms with E-state index in [9.17, 15) is 9.59 Å². The van der Waals surface area contributed by atoms with Crippen molar-refractivity contribution in [3.8, 4) is 0 Å². The van der Waals surface area contributed by atoms with Crippen molar-refractivity contribution in [2.75, 3.05) is 6.61 Å². The topological polar surface area (TPSA) is 52.6 Å². The molecule has 0 radical (unpaired) electrons. The Morgan fingerprint density at radius 2 is 1.79 bits per heavy atom. The number of rotatable bonds is 4. The molecule has 0 atom stereocenters. The lowest BCUT2D eigenvalue weighted by Crippen LogP contribution is -2.22. The van der Waals surface area contributed by atoms with Crippen molar-refractivity contribution < 1.29 is 19.1 Å². The van der Waals surface area contributed by atoms with Crippen LogP contribution < -0.4 is 0 Å². The summed E-state index contributed by atoms with van der Waals surface area (Å²) in [5, 5.41) is 0. The van der Waals surface area contributed by atoms with Gasteiger partial charge in [0.05, 0.1) is 5.56 Å². The van der Waals surface area contributed by atoms with Gasteiger partial charge in [0.25, 0.3) is 0 Å². The number of benzene rings is 1. The van der Waals surface area contributed by atoms with E-state index in [1.807, 2.05) is 6.07 Å². The largest absolute Gasteiger partial charge is 0.458 e. The summed E-state index contributed by atoms with van der Waals surface area (Å²) in [6.45, 7) is 5.39. The summed E-state index contributed by atoms with van der Waals surface area (Å²) < 4.78 is 10.0. The molecule has 0 saturated heterocycles. The van der Waals surface area contributed by atoms with E-state index >= 15 is 0 Å². The Bertz CT molecular complexity index is 455. The highest BCUT2D eigenvalue weighted by Crippen LogP contribution is 2.07. The highest BCUT2D eigenvalue weighted by atomic mass is 16.6. The molecule has 0 bridgehead atoms. The molecule has 1 rings (SSSR count). The normalized spacial score (nSPS) is 11.3. The van der Waals surface area contributed by atoms with Crippen molar-refractivity contribution >= 4 is 11.9 Å². The zero-order valence-corrected chi connectivity index (χ0v) is 11.4. The Kier molecular flexibility index (Phi) is 5.30. The van der Waals surface area contributed by atoms with E-state index in [1.165, 1.54) is 12.2 Å². The lowest BCUT2D eigenvalue weighted by Gasteiger charge is -2.17. The van der Waals surface area contributed by atoms with Gasteiger partial charge in [-0.2, -0.15) is 0 Å². The van der Waals surface area contributed by atoms with Crippen molar-refractivity contribution in [3.63, 3.8) is 0 Å². The first-order valence-electron chi connectivity index (χ1n) is 6.00. The van der Waals surface area contributed by atoms with Crippen LogP contribution in [0.25, 0.3) is 0 Å². The van der Waals surface area contributed by atoms with Gasteiger partial charge < -0.3 is 9.47 Å². The van der Waals surface area contributed by atoms with Crippen molar-refractivity contribution in [2.45, 2.75) is 26.4 Å². The van der Waals surface area contributed by atoms with Crippen molar-refractivity contribution in [1.82, 2.24) is 0 Å². The molecule has 0 N–H and O–H groups in total. The molecule has 4 heteroatoms. The fraction of sp³-hybridized carbons (Fsp3) is 0.333. The summed E-state index contributed by atoms with van der Waals surface area (Å²) in [7, 11) is 0. The Labute approximate surface area is 113 Å². The number of hydrogen-bond donors (Lipinski definition) is 0. The van der Waals surface area contributed by atoms with E-state index in [4.69, 9.17) is 9.47 Å². The van der Waals surface area contributed by atoms with Crippen LogP contribution in [0.2, 0.25) is 0 Å². The molecule has 0 saturated carbocycles. The third-order valence-corrected chi connectivity index (χ3v) is 1.98. The SMILES string of the molecule is CC(C)(C)OC(=O)/C=C/COC(=O)c1ccccc1. The van der Waals surface area contributed by atoms with Crippen LogP contribution in [-0.2, 0) is 14.3 Å². The minimum Gasteiger partial charge on any atom is -0.458 e. The number of carbonyl (C=O) groups is 2. The highest BCUT2D eigenvalue weighted by molar-refractivity contribution is 5.89. The van der Waals surface area contributed by atoms with Crippen LogP contribution in [0.3, 0.4) is 0 Å². The van der Waals surface area contributed by atoms with Crippen LogP contribution in [-0.4, -0.2) is 24.1 Å². The van der Waals surface area contributed by atoms with E-state index in [2.05, 4.69) is 0 Å². The third kappa shape index (κ3) is 6.41. The first-order chi connectivity index (χ1) is 8.88. The Morgan fingerprint density at radius 3 is 2.37 bits per heavy atom. The first-order valence-corrected chi connectivity index (χ1v) is 6.00. The van der Waals surface area contributed by atoms with Gasteiger partial charge in [-0.05, 0) is 39.0 Å². The molecule has 0 heterocycles. The minimum absolute atomic E-state index is 0.0347. The lowest BCUT2D eigenvalue weighted by atomic mass is 10.2. The van der Waals surface area contributed by atoms with Crippen LogP contribution in [0.15, 0.2) is 42.5 Å². The van der Waals surface area contributed by atoms with Crippen molar-refractivity contribution in [3.05, 3.63) is 48.0 Å². The smallest absolute Gasteiger partial charge is 0.338 e. The van der Waals surface area contributed by atoms with Crippen LogP contribution >= 0.6 is 0 Å². The Balaban J connectivity index is 2.35. The van der Waals surface area contributed by atoms with Gasteiger partial charge in [-0.15, -0.1) is 0 Å². The molecule has 4 nitrogen and oxygen atoms in total. The summed E-state index contributed by atoms with van der Waals surface area (Å²) in [6, 6.07) is 8.67. The molecule has 1 aromatic rings. The maximum Gasteiger partial charge on any atom is 0.338 e. The molecule has 0 fully saturated rings. The summed E-state index contributed by atoms with van der Waals surface area (Å²) >= 11 is 0. The van der Waals surface area contributed by atoms with E-state index < -0.39 is 17.5 Å². The number of carbonyl (C=O) groups excluding carboxylic acids is 2. The van der Waals surface area contributed by atoms with Gasteiger partial charge in [-0.25, -0.2) is 9.59 Å². The molecule has 0 aliphatic carbocycles. The maximum atomic E-state index is 11.5. The van der Waals surface area contributed by atoms with Gasteiger partial charge in [-0.1, -0.05) is 18.2 Å². The number of hydrogen-bond acceptors (Lipinski definition) is 4. The number of ether oxygens (including phenoxy) is 2. The molecule has 19 heavy (non-hydrogen) atoms. The molecular weight excluding hydrogens is 244 g/mol. The Hall–Kier alpha value is -2.10. The van der Waals surface area contributed by atoms with Gasteiger partial charge in [-0.3, -0.25) is 0 Å². The zero-order valence-electron chi connectivity index (χ0n) is 11.4. The predicted octanol–water partition coefficient (Wildman–Crippen LogP) is 2.74. The maximum absolute atomic E-state index is 11.5. The van der Waals surface area contributed by atoms with E-state index in [0.29, 0.717) is 5.56 Å². The van der Waals surface area contributed by atoms with Crippen LogP contribution in [0.1, 0.15) is 31.1 Å². The minimum atomic E-state index is -0.526. The lowest BCUT2D eigenvalue weighted by molar-refractivity contribution is -0.148. The number of esters is 2. The highest BCUT2D eigenvalue weighted by Gasteiger charge is 2.13. The molecule has 1 aromatic carbocycles. The zero-order chi connectivity index (χ0) is 14.3. The molecule has 0 spiro atoms. The van der Waals surface area contributed by atoms with E-state index in [0.717, 1.165) is 0 Å². The fourth-order valence-electron chi connectivity index (χ4n) is 1.26. The van der Waals surface area contributed by atoms with Crippen molar-refractivity contribution in [2.24, 2.45) is 0 Å². The van der Waals surface area contributed by atoms with Crippen molar-refractivity contribution in [1.29, 1.82) is 0 Å². The molecule has 0 aliphatic rings. The standard InChI is InChI=1S/C15H18O4/c1-15(2,3)19-13(16)10-7-11-18-14(17)12-8-5-4-6-9-12/h4-10H,11H2,1-3H3/b10-7+. The van der Waals surface area contributed by atoms with Gasteiger partial charge in [0.1, 0.15) is 12.2 Å². The van der Waals surface area contributed by atoms with E-state index in [-0.39, 0.29) is 6.61 Å². The molecule has 0 unspecified atom stereocenters. The summed E-state index contributed by atoms with van der Waals surface area (Å²) in [5.41, 5.74) is -0.0459. The predicted molar refractivity (Wildman–Crippen MR) is 71.7 cm³/mol. The van der Waals surface area contributed by atoms with Crippen LogP contribution in [0.5, 0.6) is 0 Å². The van der Waals surface area contributed by atoms with Crippen LogP contribution in [0, 0.1) is 0 Å². The summed E-state index contributed by atoms with van der Waals surface area (Å²) in [6.07, 6.45) is 2.71. The summed E-state index contributed by atoms with van der Waals surface area (Å²) in [5.74, 6) is -0.877. The van der Waals surface area contributed by atoms with Gasteiger partial charge in [0.2, 0.25) is 0 Å². The summed E-state index contributed by atoms with van der Waals surface area (Å²) in [4.78, 5) is 22.9. The monoisotopic (exact) mass is 262 g/mol. The quantitative estimate of drug-likeness (QED) is 0.618. The second-order valence-electron chi connectivity index (χ2n) is 4.90. The Morgan fingerprint density at radius 1 is 1.16 bits per heavy atom. The third-order valence-electron chi connectivity index (χ3n) is 1.98. The van der Waals surface area contributed by atoms with E-state index in [1.54, 1.807) is 45.0 Å². The fourth-order valence-corrected chi connectivity index (χ4v) is 1.26.